The van der Waals surface area contributed by atoms with Gasteiger partial charge in [-0.1, -0.05) is 0 Å². The molecule has 3 N–H and O–H groups in total. The molecule has 0 heterocycles. The topological polar surface area (TPSA) is 67.5 Å². The van der Waals surface area contributed by atoms with Gasteiger partial charge < -0.3 is 0 Å². The van der Waals surface area contributed by atoms with Crippen molar-refractivity contribution in [2.45, 2.75) is 25.1 Å². The maximum atomic E-state index is 12.2. The van der Waals surface area contributed by atoms with Crippen LogP contribution < -0.4 is 11.3 Å². The Morgan fingerprint density at radius 1 is 1.44 bits per heavy atom. The Bertz CT molecular complexity index is 406. The molecule has 1 aromatic rings. The summed E-state index contributed by atoms with van der Waals surface area (Å²) in [6.07, 6.45) is 0.974. The van der Waals surface area contributed by atoms with E-state index in [0.717, 1.165) is 23.3 Å². The van der Waals surface area contributed by atoms with Crippen molar-refractivity contribution >= 4 is 25.5 Å². The molecule has 0 saturated heterocycles. The fraction of sp³-hybridized carbons (Fsp3) is 0.385. The SMILES string of the molecule is CCCN=C(NN)[Se]C(C)C(=O)c1ccccc1. The van der Waals surface area contributed by atoms with Gasteiger partial charge in [0.15, 0.2) is 0 Å². The van der Waals surface area contributed by atoms with E-state index in [0.29, 0.717) is 0 Å². The van der Waals surface area contributed by atoms with E-state index in [4.69, 9.17) is 5.84 Å². The Labute approximate surface area is 114 Å². The number of hydrogen-bond acceptors (Lipinski definition) is 3. The van der Waals surface area contributed by atoms with E-state index < -0.39 is 0 Å². The molecule has 4 nitrogen and oxygen atoms in total. The van der Waals surface area contributed by atoms with Crippen molar-refractivity contribution < 1.29 is 4.79 Å². The molecule has 5 heteroatoms. The van der Waals surface area contributed by atoms with Crippen LogP contribution >= 0.6 is 0 Å². The molecule has 0 aliphatic heterocycles. The third-order valence-corrected chi connectivity index (χ3v) is 4.50. The number of hydrazine groups is 1. The second-order valence-corrected chi connectivity index (χ2v) is 6.61. The number of rotatable bonds is 6. The predicted octanol–water partition coefficient (Wildman–Crippen LogP) is 1.61. The molecule has 1 rings (SSSR count). The van der Waals surface area contributed by atoms with Gasteiger partial charge in [-0.15, -0.1) is 0 Å². The second kappa shape index (κ2) is 8.03. The molecule has 0 spiro atoms. The summed E-state index contributed by atoms with van der Waals surface area (Å²) < 4.78 is 0.751. The van der Waals surface area contributed by atoms with Gasteiger partial charge in [0.05, 0.1) is 0 Å². The first-order chi connectivity index (χ1) is 8.69. The van der Waals surface area contributed by atoms with Crippen molar-refractivity contribution in [1.29, 1.82) is 0 Å². The van der Waals surface area contributed by atoms with E-state index in [1.807, 2.05) is 37.3 Å². The van der Waals surface area contributed by atoms with Gasteiger partial charge in [-0.2, -0.15) is 0 Å². The van der Waals surface area contributed by atoms with Crippen molar-refractivity contribution in [3.05, 3.63) is 35.9 Å². The van der Waals surface area contributed by atoms with E-state index in [9.17, 15) is 4.79 Å². The third-order valence-electron chi connectivity index (χ3n) is 2.32. The van der Waals surface area contributed by atoms with Gasteiger partial charge in [0.2, 0.25) is 0 Å². The zero-order valence-corrected chi connectivity index (χ0v) is 12.4. The number of amidine groups is 1. The molecular formula is C13H19N3OSe. The first-order valence-electron chi connectivity index (χ1n) is 5.96. The molecule has 0 bridgehead atoms. The van der Waals surface area contributed by atoms with E-state index in [1.165, 1.54) is 0 Å². The Morgan fingerprint density at radius 2 is 2.11 bits per heavy atom. The van der Waals surface area contributed by atoms with E-state index in [-0.39, 0.29) is 25.6 Å². The van der Waals surface area contributed by atoms with Crippen molar-refractivity contribution in [1.82, 2.24) is 5.43 Å². The fourth-order valence-corrected chi connectivity index (χ4v) is 3.09. The Morgan fingerprint density at radius 3 is 2.67 bits per heavy atom. The first-order valence-corrected chi connectivity index (χ1v) is 7.80. The Hall–Kier alpha value is -1.16. The first kappa shape index (κ1) is 14.9. The molecule has 0 radical (unpaired) electrons. The Balaban J connectivity index is 2.64. The quantitative estimate of drug-likeness (QED) is 0.209. The van der Waals surface area contributed by atoms with Crippen LogP contribution in [0.3, 0.4) is 0 Å². The summed E-state index contributed by atoms with van der Waals surface area (Å²) in [7, 11) is 0. The number of carbonyl (C=O) groups excluding carboxylic acids is 1. The van der Waals surface area contributed by atoms with E-state index in [2.05, 4.69) is 17.3 Å². The summed E-state index contributed by atoms with van der Waals surface area (Å²) in [5, 5.41) is 0. The molecule has 0 amide bonds. The normalized spacial score (nSPS) is 13.2. The van der Waals surface area contributed by atoms with Crippen LogP contribution in [0.4, 0.5) is 0 Å². The summed E-state index contributed by atoms with van der Waals surface area (Å²) in [6.45, 7) is 4.73. The third kappa shape index (κ3) is 4.61. The molecular weight excluding hydrogens is 293 g/mol. The Kier molecular flexibility index (Phi) is 6.65. The molecule has 1 aromatic carbocycles. The summed E-state index contributed by atoms with van der Waals surface area (Å²) >= 11 is -0.0587. The molecule has 18 heavy (non-hydrogen) atoms. The van der Waals surface area contributed by atoms with Gasteiger partial charge in [-0.3, -0.25) is 0 Å². The molecule has 1 atom stereocenters. The molecule has 0 aromatic heterocycles. The van der Waals surface area contributed by atoms with Crippen LogP contribution in [0.1, 0.15) is 30.6 Å². The molecule has 0 saturated carbocycles. The molecule has 98 valence electrons. The minimum atomic E-state index is -0.0634. The number of nitrogens with two attached hydrogens (primary N) is 1. The standard InChI is InChI=1S/C13H19N3OSe/c1-3-9-15-13(16-14)18-10(2)12(17)11-7-5-4-6-8-11/h4-8,10H,3,9,14H2,1-2H3,(H,15,16). The van der Waals surface area contributed by atoms with Crippen LogP contribution in [-0.4, -0.2) is 32.0 Å². The summed E-state index contributed by atoms with van der Waals surface area (Å²) in [5.74, 6) is 5.57. The van der Waals surface area contributed by atoms with Crippen molar-refractivity contribution in [2.75, 3.05) is 6.54 Å². The van der Waals surface area contributed by atoms with E-state index >= 15 is 0 Å². The molecule has 1 unspecified atom stereocenters. The number of hydrogen-bond donors (Lipinski definition) is 2. The molecule has 0 aliphatic rings. The fourth-order valence-electron chi connectivity index (χ4n) is 1.39. The van der Waals surface area contributed by atoms with Crippen molar-refractivity contribution in [2.24, 2.45) is 10.8 Å². The molecule has 0 fully saturated rings. The average molecular weight is 312 g/mol. The van der Waals surface area contributed by atoms with Crippen molar-refractivity contribution in [3.63, 3.8) is 0 Å². The van der Waals surface area contributed by atoms with Gasteiger partial charge in [0.1, 0.15) is 0 Å². The van der Waals surface area contributed by atoms with Crippen LogP contribution in [0.5, 0.6) is 0 Å². The monoisotopic (exact) mass is 313 g/mol. The van der Waals surface area contributed by atoms with Crippen LogP contribution in [0.25, 0.3) is 0 Å². The van der Waals surface area contributed by atoms with Crippen LogP contribution in [-0.2, 0) is 0 Å². The number of aliphatic imine (C=N–C) groups is 1. The summed E-state index contributed by atoms with van der Waals surface area (Å²) in [6, 6.07) is 9.34. The van der Waals surface area contributed by atoms with Gasteiger partial charge in [0, 0.05) is 0 Å². The second-order valence-electron chi connectivity index (χ2n) is 3.82. The maximum absolute atomic E-state index is 12.2. The number of benzene rings is 1. The number of Topliss-reactive ketones (excluding diaryl/α,β-unsaturated/α-hetero) is 1. The van der Waals surface area contributed by atoms with Gasteiger partial charge in [-0.05, 0) is 0 Å². The minimum absolute atomic E-state index is 0.0587. The zero-order valence-electron chi connectivity index (χ0n) is 10.7. The zero-order chi connectivity index (χ0) is 13.4. The van der Waals surface area contributed by atoms with Gasteiger partial charge >= 0.3 is 114 Å². The number of nitrogens with one attached hydrogen (secondary N) is 1. The predicted molar refractivity (Wildman–Crippen MR) is 75.9 cm³/mol. The number of ketones is 1. The number of carbonyl (C=O) groups is 1. The average Bonchev–Trinajstić information content (AvgIpc) is 2.43. The summed E-state index contributed by atoms with van der Waals surface area (Å²) in [4.78, 5) is 16.4. The van der Waals surface area contributed by atoms with E-state index in [1.54, 1.807) is 0 Å². The van der Waals surface area contributed by atoms with Crippen LogP contribution in [0.15, 0.2) is 35.3 Å². The van der Waals surface area contributed by atoms with Crippen molar-refractivity contribution in [3.8, 4) is 0 Å². The van der Waals surface area contributed by atoms with Gasteiger partial charge in [-0.25, -0.2) is 0 Å². The van der Waals surface area contributed by atoms with Gasteiger partial charge in [0.25, 0.3) is 0 Å². The number of nitrogens with zero attached hydrogens (tertiary/aromatic N) is 1. The molecule has 0 aliphatic carbocycles. The van der Waals surface area contributed by atoms with Crippen LogP contribution in [0, 0.1) is 0 Å². The van der Waals surface area contributed by atoms with Crippen LogP contribution in [0.2, 0.25) is 4.82 Å². The summed E-state index contributed by atoms with van der Waals surface area (Å²) in [5.41, 5.74) is 3.35.